The van der Waals surface area contributed by atoms with E-state index in [-0.39, 0.29) is 17.9 Å². The van der Waals surface area contributed by atoms with Crippen molar-refractivity contribution >= 4 is 23.2 Å². The van der Waals surface area contributed by atoms with Gasteiger partial charge in [-0.15, -0.1) is 11.3 Å². The zero-order valence-electron chi connectivity index (χ0n) is 12.2. The number of carbonyl (C=O) groups excluding carboxylic acids is 2. The molecule has 3 heterocycles. The van der Waals surface area contributed by atoms with E-state index >= 15 is 0 Å². The summed E-state index contributed by atoms with van der Waals surface area (Å²) in [5, 5.41) is 5.33. The molecule has 0 spiro atoms. The Morgan fingerprint density at radius 1 is 1.50 bits per heavy atom. The van der Waals surface area contributed by atoms with E-state index in [1.165, 1.54) is 18.3 Å². The molecule has 2 aromatic rings. The zero-order valence-corrected chi connectivity index (χ0v) is 13.1. The summed E-state index contributed by atoms with van der Waals surface area (Å²) < 4.78 is 5.29. The van der Waals surface area contributed by atoms with Gasteiger partial charge in [-0.3, -0.25) is 9.59 Å². The molecule has 1 aliphatic rings. The third kappa shape index (κ3) is 3.19. The average Bonchev–Trinajstić information content (AvgIpc) is 3.17. The number of amides is 2. The van der Waals surface area contributed by atoms with E-state index in [2.05, 4.69) is 10.3 Å². The predicted octanol–water partition coefficient (Wildman–Crippen LogP) is 2.14. The molecule has 1 aliphatic heterocycles. The lowest BCUT2D eigenvalue weighted by Gasteiger charge is -2.32. The van der Waals surface area contributed by atoms with Crippen LogP contribution >= 0.6 is 11.3 Å². The van der Waals surface area contributed by atoms with Crippen molar-refractivity contribution in [2.45, 2.75) is 25.8 Å². The molecule has 0 saturated carbocycles. The minimum absolute atomic E-state index is 0.0263. The van der Waals surface area contributed by atoms with Gasteiger partial charge in [0, 0.05) is 31.4 Å². The van der Waals surface area contributed by atoms with E-state index in [1.54, 1.807) is 22.6 Å². The maximum absolute atomic E-state index is 12.5. The number of carbonyl (C=O) groups is 2. The Balaban J connectivity index is 1.69. The lowest BCUT2D eigenvalue weighted by Crippen LogP contribution is -2.49. The van der Waals surface area contributed by atoms with Crippen molar-refractivity contribution < 1.29 is 14.0 Å². The third-order valence-electron chi connectivity index (χ3n) is 3.57. The number of nitrogens with zero attached hydrogens (tertiary/aromatic N) is 2. The maximum Gasteiger partial charge on any atom is 0.273 e. The van der Waals surface area contributed by atoms with E-state index in [0.29, 0.717) is 29.6 Å². The van der Waals surface area contributed by atoms with Crippen LogP contribution in [0.2, 0.25) is 0 Å². The number of rotatable bonds is 3. The minimum Gasteiger partial charge on any atom is -0.462 e. The van der Waals surface area contributed by atoms with Crippen molar-refractivity contribution in [2.75, 3.05) is 13.1 Å². The van der Waals surface area contributed by atoms with Gasteiger partial charge in [-0.25, -0.2) is 4.98 Å². The van der Waals surface area contributed by atoms with Crippen molar-refractivity contribution in [1.29, 1.82) is 0 Å². The Morgan fingerprint density at radius 3 is 3.09 bits per heavy atom. The lowest BCUT2D eigenvalue weighted by atomic mass is 10.1. The van der Waals surface area contributed by atoms with Crippen molar-refractivity contribution in [3.05, 3.63) is 29.5 Å². The monoisotopic (exact) mass is 319 g/mol. The second-order valence-corrected chi connectivity index (χ2v) is 6.16. The standard InChI is InChI=1S/C15H17N3O3S/c1-10(19)16-11-4-2-6-18(8-11)15(20)12-9-22-14(17-12)13-5-3-7-21-13/h3,5,7,9,11H,2,4,6,8H2,1H3,(H,16,19). The number of aromatic nitrogens is 1. The Labute approximate surface area is 132 Å². The van der Waals surface area contributed by atoms with Crippen LogP contribution in [0.5, 0.6) is 0 Å². The molecule has 0 aliphatic carbocycles. The molecule has 1 N–H and O–H groups in total. The number of likely N-dealkylation sites (tertiary alicyclic amines) is 1. The fourth-order valence-electron chi connectivity index (χ4n) is 2.61. The van der Waals surface area contributed by atoms with Crippen molar-refractivity contribution in [2.24, 2.45) is 0 Å². The fourth-order valence-corrected chi connectivity index (χ4v) is 3.37. The van der Waals surface area contributed by atoms with Crippen molar-refractivity contribution in [3.8, 4) is 10.8 Å². The molecule has 0 bridgehead atoms. The van der Waals surface area contributed by atoms with Crippen molar-refractivity contribution in [3.63, 3.8) is 0 Å². The second-order valence-electron chi connectivity index (χ2n) is 5.31. The summed E-state index contributed by atoms with van der Waals surface area (Å²) >= 11 is 1.39. The summed E-state index contributed by atoms with van der Waals surface area (Å²) in [4.78, 5) is 29.8. The molecule has 116 valence electrons. The molecular weight excluding hydrogens is 302 g/mol. The number of furan rings is 1. The van der Waals surface area contributed by atoms with Gasteiger partial charge in [-0.1, -0.05) is 0 Å². The van der Waals surface area contributed by atoms with Crippen LogP contribution in [-0.2, 0) is 4.79 Å². The summed E-state index contributed by atoms with van der Waals surface area (Å²) in [7, 11) is 0. The topological polar surface area (TPSA) is 75.4 Å². The molecule has 3 rings (SSSR count). The molecule has 22 heavy (non-hydrogen) atoms. The van der Waals surface area contributed by atoms with Gasteiger partial charge < -0.3 is 14.6 Å². The number of hydrogen-bond acceptors (Lipinski definition) is 5. The molecule has 2 amide bonds. The first-order valence-electron chi connectivity index (χ1n) is 7.19. The normalized spacial score (nSPS) is 18.2. The Kier molecular flexibility index (Phi) is 4.24. The van der Waals surface area contributed by atoms with E-state index in [9.17, 15) is 9.59 Å². The first kappa shape index (κ1) is 14.8. The molecule has 7 heteroatoms. The lowest BCUT2D eigenvalue weighted by molar-refractivity contribution is -0.120. The number of hydrogen-bond donors (Lipinski definition) is 1. The number of thiazole rings is 1. The fraction of sp³-hybridized carbons (Fsp3) is 0.400. The van der Waals surface area contributed by atoms with Gasteiger partial charge in [0.05, 0.1) is 6.26 Å². The van der Waals surface area contributed by atoms with Crippen LogP contribution in [-0.4, -0.2) is 40.8 Å². The first-order valence-corrected chi connectivity index (χ1v) is 8.07. The predicted molar refractivity (Wildman–Crippen MR) is 82.6 cm³/mol. The average molecular weight is 319 g/mol. The summed E-state index contributed by atoms with van der Waals surface area (Å²) in [5.41, 5.74) is 0.430. The van der Waals surface area contributed by atoms with Gasteiger partial charge in [0.15, 0.2) is 10.8 Å². The van der Waals surface area contributed by atoms with Crippen LogP contribution in [0.1, 0.15) is 30.3 Å². The molecule has 1 fully saturated rings. The van der Waals surface area contributed by atoms with Gasteiger partial charge in [0.25, 0.3) is 5.91 Å². The first-order chi connectivity index (χ1) is 10.6. The zero-order chi connectivity index (χ0) is 15.5. The molecule has 1 unspecified atom stereocenters. The third-order valence-corrected chi connectivity index (χ3v) is 4.43. The summed E-state index contributed by atoms with van der Waals surface area (Å²) in [6.07, 6.45) is 3.37. The van der Waals surface area contributed by atoms with Crippen molar-refractivity contribution in [1.82, 2.24) is 15.2 Å². The quantitative estimate of drug-likeness (QED) is 0.940. The minimum atomic E-state index is -0.0934. The van der Waals surface area contributed by atoms with Gasteiger partial charge >= 0.3 is 0 Å². The molecule has 0 radical (unpaired) electrons. The second kappa shape index (κ2) is 6.31. The van der Waals surface area contributed by atoms with E-state index < -0.39 is 0 Å². The Morgan fingerprint density at radius 2 is 2.36 bits per heavy atom. The summed E-state index contributed by atoms with van der Waals surface area (Å²) in [6, 6.07) is 3.64. The van der Waals surface area contributed by atoms with E-state index in [0.717, 1.165) is 12.8 Å². The SMILES string of the molecule is CC(=O)NC1CCCN(C(=O)c2csc(-c3ccco3)n2)C1. The van der Waals surface area contributed by atoms with Gasteiger partial charge in [-0.2, -0.15) is 0 Å². The highest BCUT2D eigenvalue weighted by molar-refractivity contribution is 7.13. The smallest absolute Gasteiger partial charge is 0.273 e. The highest BCUT2D eigenvalue weighted by atomic mass is 32.1. The van der Waals surface area contributed by atoms with Crippen LogP contribution in [0.25, 0.3) is 10.8 Å². The molecule has 2 aromatic heterocycles. The summed E-state index contributed by atoms with van der Waals surface area (Å²) in [5.74, 6) is 0.510. The molecule has 6 nitrogen and oxygen atoms in total. The largest absolute Gasteiger partial charge is 0.462 e. The molecule has 0 aromatic carbocycles. The number of piperidine rings is 1. The maximum atomic E-state index is 12.5. The van der Waals surface area contributed by atoms with Crippen LogP contribution in [0.15, 0.2) is 28.2 Å². The molecular formula is C15H17N3O3S. The highest BCUT2D eigenvalue weighted by Crippen LogP contribution is 2.25. The Hall–Kier alpha value is -2.15. The highest BCUT2D eigenvalue weighted by Gasteiger charge is 2.26. The summed E-state index contributed by atoms with van der Waals surface area (Å²) in [6.45, 7) is 2.73. The van der Waals surface area contributed by atoms with Crippen LogP contribution < -0.4 is 5.32 Å². The van der Waals surface area contributed by atoms with Crippen LogP contribution in [0.4, 0.5) is 0 Å². The molecule has 1 saturated heterocycles. The number of nitrogens with one attached hydrogen (secondary N) is 1. The van der Waals surface area contributed by atoms with E-state index in [4.69, 9.17) is 4.42 Å². The van der Waals surface area contributed by atoms with Gasteiger partial charge in [-0.05, 0) is 25.0 Å². The van der Waals surface area contributed by atoms with E-state index in [1.807, 2.05) is 6.07 Å². The Bertz CT molecular complexity index is 665. The molecule has 1 atom stereocenters. The van der Waals surface area contributed by atoms with Gasteiger partial charge in [0.2, 0.25) is 5.91 Å². The van der Waals surface area contributed by atoms with Gasteiger partial charge in [0.1, 0.15) is 5.69 Å². The van der Waals surface area contributed by atoms with Crippen LogP contribution in [0.3, 0.4) is 0 Å². The van der Waals surface area contributed by atoms with Crippen LogP contribution in [0, 0.1) is 0 Å².